The maximum absolute atomic E-state index is 13.0. The fraction of sp³-hybridized carbons (Fsp3) is 0.471. The molecule has 1 aromatic heterocycles. The van der Waals surface area contributed by atoms with Gasteiger partial charge in [0, 0.05) is 11.6 Å². The van der Waals surface area contributed by atoms with E-state index in [1.165, 1.54) is 11.8 Å². The Kier molecular flexibility index (Phi) is 5.37. The molecule has 0 amide bonds. The Balaban J connectivity index is 2.11. The molecular weight excluding hydrogens is 394 g/mol. The number of thioether (sulfide) groups is 1. The first-order valence-electron chi connectivity index (χ1n) is 8.36. The average Bonchev–Trinajstić information content (AvgIpc) is 2.96. The van der Waals surface area contributed by atoms with Crippen LogP contribution < -0.4 is 11.4 Å². The maximum Gasteiger partial charge on any atom is 0.447 e. The third-order valence-electron chi connectivity index (χ3n) is 4.28. The van der Waals surface area contributed by atoms with Gasteiger partial charge in [0.25, 0.3) is 0 Å². The zero-order valence-electron chi connectivity index (χ0n) is 14.8. The Morgan fingerprint density at radius 1 is 1.35 bits per heavy atom. The van der Waals surface area contributed by atoms with Gasteiger partial charge < -0.3 is 9.42 Å². The van der Waals surface area contributed by atoms with E-state index in [1.54, 1.807) is 24.3 Å². The highest BCUT2D eigenvalue weighted by molar-refractivity contribution is 8.24. The first kappa shape index (κ1) is 19.3. The molecule has 1 aliphatic heterocycles. The highest BCUT2D eigenvalue weighted by Gasteiger charge is 2.47. The van der Waals surface area contributed by atoms with Gasteiger partial charge in [0.1, 0.15) is 4.32 Å². The van der Waals surface area contributed by atoms with Crippen LogP contribution in [0.2, 0.25) is 5.02 Å². The maximum atomic E-state index is 13.0. The predicted molar refractivity (Wildman–Crippen MR) is 108 cm³/mol. The van der Waals surface area contributed by atoms with Crippen molar-refractivity contribution in [3.8, 4) is 5.69 Å². The Bertz CT molecular complexity index is 947. The number of rotatable bonds is 5. The van der Waals surface area contributed by atoms with Gasteiger partial charge in [0.15, 0.2) is 6.17 Å². The van der Waals surface area contributed by atoms with Crippen LogP contribution in [0, 0.1) is 0 Å². The van der Waals surface area contributed by atoms with E-state index in [0.29, 0.717) is 21.6 Å². The van der Waals surface area contributed by atoms with E-state index >= 15 is 0 Å². The third-order valence-corrected chi connectivity index (χ3v) is 6.15. The molecule has 26 heavy (non-hydrogen) atoms. The standard InChI is InChI=1S/C17H20ClN3O3S2/c1-4-5-9-19-13(17(2,3)26-16(19)25)21-14(22)20(15(23)24-21)12-8-6-7-11(18)10-12/h6-8,10,13H,4-5,9H2,1-3H3. The van der Waals surface area contributed by atoms with Gasteiger partial charge in [0.2, 0.25) is 0 Å². The molecule has 2 aromatic rings. The number of hydrogen-bond acceptors (Lipinski definition) is 5. The van der Waals surface area contributed by atoms with Crippen molar-refractivity contribution in [3.05, 3.63) is 50.3 Å². The van der Waals surface area contributed by atoms with Gasteiger partial charge >= 0.3 is 11.4 Å². The number of unbranched alkanes of at least 4 members (excludes halogenated alkanes) is 1. The van der Waals surface area contributed by atoms with Gasteiger partial charge in [-0.1, -0.05) is 55.0 Å². The molecule has 2 heterocycles. The monoisotopic (exact) mass is 413 g/mol. The lowest BCUT2D eigenvalue weighted by Crippen LogP contribution is -2.42. The summed E-state index contributed by atoms with van der Waals surface area (Å²) in [6, 6.07) is 6.55. The van der Waals surface area contributed by atoms with Gasteiger partial charge in [-0.3, -0.25) is 0 Å². The van der Waals surface area contributed by atoms with Crippen molar-refractivity contribution < 1.29 is 4.52 Å². The van der Waals surface area contributed by atoms with E-state index in [2.05, 4.69) is 6.92 Å². The summed E-state index contributed by atoms with van der Waals surface area (Å²) >= 11 is 13.0. The Morgan fingerprint density at radius 3 is 2.73 bits per heavy atom. The van der Waals surface area contributed by atoms with Crippen molar-refractivity contribution in [2.24, 2.45) is 0 Å². The van der Waals surface area contributed by atoms with Crippen molar-refractivity contribution in [3.63, 3.8) is 0 Å². The van der Waals surface area contributed by atoms with Crippen LogP contribution >= 0.6 is 35.6 Å². The quantitative estimate of drug-likeness (QED) is 0.697. The fourth-order valence-electron chi connectivity index (χ4n) is 3.09. The highest BCUT2D eigenvalue weighted by Crippen LogP contribution is 2.46. The lowest BCUT2D eigenvalue weighted by Gasteiger charge is -2.30. The minimum absolute atomic E-state index is 0.376. The first-order valence-corrected chi connectivity index (χ1v) is 9.97. The molecule has 0 N–H and O–H groups in total. The van der Waals surface area contributed by atoms with E-state index in [1.807, 2.05) is 18.7 Å². The number of hydrogen-bond donors (Lipinski definition) is 0. The summed E-state index contributed by atoms with van der Waals surface area (Å²) in [5.74, 6) is -0.744. The summed E-state index contributed by atoms with van der Waals surface area (Å²) in [5.41, 5.74) is -0.164. The smallest absolute Gasteiger partial charge is 0.333 e. The number of halogens is 1. The molecular formula is C17H20ClN3O3S2. The fourth-order valence-corrected chi connectivity index (χ4v) is 5.20. The van der Waals surface area contributed by atoms with E-state index in [4.69, 9.17) is 28.3 Å². The average molecular weight is 414 g/mol. The van der Waals surface area contributed by atoms with Crippen LogP contribution in [0.5, 0.6) is 0 Å². The van der Waals surface area contributed by atoms with Gasteiger partial charge in [-0.15, -0.1) is 4.74 Å². The van der Waals surface area contributed by atoms with Crippen LogP contribution in [-0.2, 0) is 0 Å². The Labute approximate surface area is 165 Å². The number of thiocarbonyl (C=S) groups is 1. The van der Waals surface area contributed by atoms with Crippen LogP contribution in [0.1, 0.15) is 39.8 Å². The molecule has 0 saturated carbocycles. The molecule has 1 aromatic carbocycles. The number of benzene rings is 1. The molecule has 140 valence electrons. The number of aromatic nitrogens is 2. The second-order valence-electron chi connectivity index (χ2n) is 6.67. The van der Waals surface area contributed by atoms with E-state index in [0.717, 1.165) is 22.1 Å². The predicted octanol–water partition coefficient (Wildman–Crippen LogP) is 3.66. The molecule has 0 spiro atoms. The van der Waals surface area contributed by atoms with Crippen LogP contribution in [0.4, 0.5) is 0 Å². The van der Waals surface area contributed by atoms with Crippen molar-refractivity contribution in [1.82, 2.24) is 14.2 Å². The van der Waals surface area contributed by atoms with Crippen LogP contribution in [-0.4, -0.2) is 29.8 Å². The minimum atomic E-state index is -0.744. The highest BCUT2D eigenvalue weighted by atomic mass is 35.5. The molecule has 0 aliphatic carbocycles. The summed E-state index contributed by atoms with van der Waals surface area (Å²) in [5, 5.41) is 0.434. The lowest BCUT2D eigenvalue weighted by molar-refractivity contribution is 0.0897. The largest absolute Gasteiger partial charge is 0.447 e. The second-order valence-corrected chi connectivity index (χ2v) is 9.40. The van der Waals surface area contributed by atoms with E-state index in [-0.39, 0.29) is 0 Å². The van der Waals surface area contributed by atoms with Crippen LogP contribution in [0.3, 0.4) is 0 Å². The van der Waals surface area contributed by atoms with Gasteiger partial charge in [-0.2, -0.15) is 4.57 Å². The summed E-state index contributed by atoms with van der Waals surface area (Å²) in [6.07, 6.45) is 1.47. The molecule has 3 rings (SSSR count). The third kappa shape index (κ3) is 3.37. The molecule has 0 bridgehead atoms. The molecule has 1 atom stereocenters. The van der Waals surface area contributed by atoms with Crippen molar-refractivity contribution in [2.75, 3.05) is 6.54 Å². The Morgan fingerprint density at radius 2 is 2.08 bits per heavy atom. The van der Waals surface area contributed by atoms with Gasteiger partial charge in [-0.05, 0) is 38.5 Å². The summed E-state index contributed by atoms with van der Waals surface area (Å²) < 4.78 is 7.80. The minimum Gasteiger partial charge on any atom is -0.333 e. The zero-order chi connectivity index (χ0) is 19.1. The van der Waals surface area contributed by atoms with Crippen molar-refractivity contribution in [1.29, 1.82) is 0 Å². The molecule has 1 unspecified atom stereocenters. The zero-order valence-corrected chi connectivity index (χ0v) is 17.2. The molecule has 1 fully saturated rings. The first-order chi connectivity index (χ1) is 12.3. The van der Waals surface area contributed by atoms with Crippen molar-refractivity contribution >= 4 is 39.9 Å². The molecule has 0 radical (unpaired) electrons. The molecule has 6 nitrogen and oxygen atoms in total. The van der Waals surface area contributed by atoms with Crippen molar-refractivity contribution in [2.45, 2.75) is 44.5 Å². The summed E-state index contributed by atoms with van der Waals surface area (Å²) in [4.78, 5) is 27.4. The molecule has 1 aliphatic rings. The molecule has 1 saturated heterocycles. The molecule has 9 heteroatoms. The van der Waals surface area contributed by atoms with E-state index < -0.39 is 22.4 Å². The summed E-state index contributed by atoms with van der Waals surface area (Å²) in [7, 11) is 0. The SMILES string of the molecule is CCCCN1C(=S)SC(C)(C)C1n1oc(=O)n(-c2cccc(Cl)c2)c1=O. The normalized spacial score (nSPS) is 19.3. The van der Waals surface area contributed by atoms with Gasteiger partial charge in [0.05, 0.1) is 10.4 Å². The van der Waals surface area contributed by atoms with Crippen LogP contribution in [0.15, 0.2) is 38.4 Å². The number of nitrogens with zero attached hydrogens (tertiary/aromatic N) is 3. The van der Waals surface area contributed by atoms with Gasteiger partial charge in [-0.25, -0.2) is 9.59 Å². The summed E-state index contributed by atoms with van der Waals surface area (Å²) in [6.45, 7) is 6.77. The second kappa shape index (κ2) is 7.25. The topological polar surface area (TPSA) is 60.4 Å². The Hall–Kier alpha value is -1.51. The van der Waals surface area contributed by atoms with E-state index in [9.17, 15) is 9.59 Å². The lowest BCUT2D eigenvalue weighted by atomic mass is 10.1. The van der Waals surface area contributed by atoms with Crippen LogP contribution in [0.25, 0.3) is 5.69 Å².